The van der Waals surface area contributed by atoms with E-state index in [4.69, 9.17) is 14.2 Å². The minimum atomic E-state index is -1.06. The maximum absolute atomic E-state index is 14.4. The summed E-state index contributed by atoms with van der Waals surface area (Å²) in [6.45, 7) is 18.0. The van der Waals surface area contributed by atoms with Crippen LogP contribution in [0.25, 0.3) is 0 Å². The molecule has 0 saturated carbocycles. The predicted octanol–water partition coefficient (Wildman–Crippen LogP) is 5.54. The van der Waals surface area contributed by atoms with Crippen LogP contribution in [0.5, 0.6) is 0 Å². The van der Waals surface area contributed by atoms with Gasteiger partial charge in [0.1, 0.15) is 37.1 Å². The fourth-order valence-electron chi connectivity index (χ4n) is 11.7. The lowest BCUT2D eigenvalue weighted by atomic mass is 9.90. The van der Waals surface area contributed by atoms with Gasteiger partial charge in [-0.05, 0) is 87.5 Å². The Labute approximate surface area is 541 Å². The van der Waals surface area contributed by atoms with E-state index in [0.29, 0.717) is 74.1 Å². The van der Waals surface area contributed by atoms with Gasteiger partial charge in [-0.25, -0.2) is 4.79 Å². The van der Waals surface area contributed by atoms with Crippen molar-refractivity contribution in [1.29, 1.82) is 0 Å². The van der Waals surface area contributed by atoms with Gasteiger partial charge < -0.3 is 60.5 Å². The van der Waals surface area contributed by atoms with E-state index < -0.39 is 107 Å². The lowest BCUT2D eigenvalue weighted by Crippen LogP contribution is -2.58. The molecule has 2 saturated heterocycles. The highest BCUT2D eigenvalue weighted by molar-refractivity contribution is 8.00. The number of hydrogen-bond donors (Lipinski definition) is 6. The van der Waals surface area contributed by atoms with E-state index in [-0.39, 0.29) is 73.8 Å². The summed E-state index contributed by atoms with van der Waals surface area (Å²) in [5, 5.41) is 24.4. The number of benzene rings is 2. The maximum atomic E-state index is 14.4. The number of likely N-dealkylation sites (N-methyl/N-ethyl adjacent to an activating group) is 2. The zero-order valence-corrected chi connectivity index (χ0v) is 56.5. The number of nitrogens with one attached hydrogen (secondary N) is 5. The smallest absolute Gasteiger partial charge is 0.410 e. The fraction of sp³-hybridized carbons (Fsp3) is 0.652. The molecule has 6 N–H and O–H groups in total. The van der Waals surface area contributed by atoms with Gasteiger partial charge in [0.25, 0.3) is 0 Å². The Morgan fingerprint density at radius 2 is 1.43 bits per heavy atom. The Hall–Kier alpha value is -6.96. The Bertz CT molecular complexity index is 2760. The number of amides is 10. The average Bonchev–Trinajstić information content (AvgIpc) is 1.88. The standard InChI is InChI=1S/C66H101N9O15S/c1-15-41(6)57(50(88-13)36-53(78)74-33-22-26-49(74)59(89-14)42(7)60(81)67-43(8)58(80)47-24-18-16-19-25-47)72(11)64(85)45(10)69-63(84)56(40(4)5)73(12)66(87)90-38-46-28-30-48(31-29-46)70-61(82)44(9)68-62(83)55(39(2)3)71-52(77)27-20-17-21-32-75-54(79)37-51(65(75)86)91-35-23-34-76/h16,18-19,24-25,28-31,34,39-45,49-51,55-59,80H,15,17,20-23,26-27,32-33,35-38H2,1-14H3,(H,67,81)(H,68,83)(H,69,84)(H,70,82)(H,71,77)/t41-,42+,43+,44-,45-,49?,50+,51?,55-,56-,57?,58+,59+/m0/s1. The van der Waals surface area contributed by atoms with Crippen LogP contribution in [0.1, 0.15) is 151 Å². The second-order valence-electron chi connectivity index (χ2n) is 24.7. The third-order valence-corrected chi connectivity index (χ3v) is 18.5. The Morgan fingerprint density at radius 1 is 0.769 bits per heavy atom. The second-order valence-corrected chi connectivity index (χ2v) is 26.1. The quantitative estimate of drug-likeness (QED) is 0.0275. The number of anilines is 1. The Balaban J connectivity index is 1.26. The number of carbonyl (C=O) groups is 11. The van der Waals surface area contributed by atoms with E-state index in [2.05, 4.69) is 26.6 Å². The van der Waals surface area contributed by atoms with E-state index in [1.165, 1.54) is 54.7 Å². The number of ether oxygens (including phenoxy) is 3. The first-order valence-corrected chi connectivity index (χ1v) is 32.9. The summed E-state index contributed by atoms with van der Waals surface area (Å²) in [7, 11) is 6.05. The van der Waals surface area contributed by atoms with Crippen LogP contribution in [0.3, 0.4) is 0 Å². The molecule has 3 unspecified atom stereocenters. The molecule has 91 heavy (non-hydrogen) atoms. The molecule has 2 aliphatic heterocycles. The minimum Gasteiger partial charge on any atom is -0.445 e. The van der Waals surface area contributed by atoms with Crippen LogP contribution in [0.15, 0.2) is 54.6 Å². The average molecular weight is 1290 g/mol. The highest BCUT2D eigenvalue weighted by Crippen LogP contribution is 2.31. The molecule has 25 heteroatoms. The van der Waals surface area contributed by atoms with Crippen LogP contribution in [0, 0.1) is 23.7 Å². The van der Waals surface area contributed by atoms with Crippen LogP contribution in [0.2, 0.25) is 0 Å². The molecule has 2 aliphatic rings. The number of thioether (sulfide) groups is 1. The molecule has 24 nitrogen and oxygen atoms in total. The zero-order chi connectivity index (χ0) is 67.8. The molecule has 0 aliphatic carbocycles. The zero-order valence-electron chi connectivity index (χ0n) is 55.7. The topological polar surface area (TPSA) is 309 Å². The van der Waals surface area contributed by atoms with Crippen LogP contribution in [-0.2, 0) is 68.8 Å². The largest absolute Gasteiger partial charge is 0.445 e. The number of hydrogen-bond acceptors (Lipinski definition) is 16. The van der Waals surface area contributed by atoms with Crippen molar-refractivity contribution < 1.29 is 72.1 Å². The number of unbranched alkanes of at least 4 members (excludes halogenated alkanes) is 2. The molecule has 0 bridgehead atoms. The monoisotopic (exact) mass is 1290 g/mol. The van der Waals surface area contributed by atoms with E-state index in [0.717, 1.165) is 6.29 Å². The van der Waals surface area contributed by atoms with Gasteiger partial charge in [-0.2, -0.15) is 0 Å². The van der Waals surface area contributed by atoms with Crippen molar-refractivity contribution in [2.45, 2.75) is 206 Å². The van der Waals surface area contributed by atoms with Gasteiger partial charge >= 0.3 is 6.09 Å². The van der Waals surface area contributed by atoms with Gasteiger partial charge in [-0.3, -0.25) is 53.0 Å². The van der Waals surface area contributed by atoms with Crippen molar-refractivity contribution in [1.82, 2.24) is 40.9 Å². The number of carbonyl (C=O) groups excluding carboxylic acids is 11. The van der Waals surface area contributed by atoms with Gasteiger partial charge in [-0.15, -0.1) is 11.8 Å². The Morgan fingerprint density at radius 3 is 2.03 bits per heavy atom. The lowest BCUT2D eigenvalue weighted by Gasteiger charge is -2.40. The molecule has 0 radical (unpaired) electrons. The molecule has 506 valence electrons. The molecule has 13 atom stereocenters. The van der Waals surface area contributed by atoms with Crippen molar-refractivity contribution in [3.63, 3.8) is 0 Å². The van der Waals surface area contributed by atoms with E-state index in [1.54, 1.807) is 96.8 Å². The molecule has 0 aromatic heterocycles. The molecule has 2 heterocycles. The van der Waals surface area contributed by atoms with Gasteiger partial charge in [0.05, 0.1) is 54.0 Å². The summed E-state index contributed by atoms with van der Waals surface area (Å²) in [5.41, 5.74) is 1.62. The number of nitrogens with zero attached hydrogens (tertiary/aromatic N) is 4. The van der Waals surface area contributed by atoms with Gasteiger partial charge in [0.15, 0.2) is 0 Å². The van der Waals surface area contributed by atoms with Crippen molar-refractivity contribution in [3.8, 4) is 0 Å². The summed E-state index contributed by atoms with van der Waals surface area (Å²) in [6, 6.07) is 9.85. The molecule has 10 amide bonds. The normalized spacial score (nSPS) is 18.6. The third-order valence-electron chi connectivity index (χ3n) is 17.2. The maximum Gasteiger partial charge on any atom is 0.410 e. The third kappa shape index (κ3) is 22.1. The lowest BCUT2D eigenvalue weighted by molar-refractivity contribution is -0.147. The number of likely N-dealkylation sites (tertiary alicyclic amines) is 2. The minimum absolute atomic E-state index is 0.0811. The summed E-state index contributed by atoms with van der Waals surface area (Å²) < 4.78 is 17.6. The SMILES string of the molecule is CC[C@H](C)C([C@@H](CC(=O)N1CCCC1[C@H](OC)[C@@H](C)C(=O)N[C@H](C)[C@@H](O)c1ccccc1)OC)N(C)C(=O)[C@H](C)NC(=O)[C@H](C(C)C)N(C)C(=O)OCc1ccc(NC(=O)[C@H](C)NC(=O)[C@@H](NC(=O)CCCCCN2C(=O)CC(SCCC=O)C2=O)C(C)C)cc1. The van der Waals surface area contributed by atoms with Crippen LogP contribution < -0.4 is 26.6 Å². The molecule has 2 aromatic carbocycles. The highest BCUT2D eigenvalue weighted by Gasteiger charge is 2.44. The Kier molecular flexibility index (Phi) is 31.5. The van der Waals surface area contributed by atoms with Crippen molar-refractivity contribution >= 4 is 83.0 Å². The van der Waals surface area contributed by atoms with Crippen LogP contribution in [-0.4, -0.2) is 197 Å². The fourth-order valence-corrected chi connectivity index (χ4v) is 12.8. The summed E-state index contributed by atoms with van der Waals surface area (Å²) >= 11 is 1.31. The van der Waals surface area contributed by atoms with E-state index in [9.17, 15) is 57.8 Å². The summed E-state index contributed by atoms with van der Waals surface area (Å²) in [6.07, 6.45) is 1.55. The first kappa shape index (κ1) is 76.5. The summed E-state index contributed by atoms with van der Waals surface area (Å²) in [4.78, 5) is 151. The second kappa shape index (κ2) is 37.5. The predicted molar refractivity (Wildman–Crippen MR) is 345 cm³/mol. The summed E-state index contributed by atoms with van der Waals surface area (Å²) in [5.74, 6) is -4.60. The molecule has 2 aromatic rings. The van der Waals surface area contributed by atoms with Crippen LogP contribution >= 0.6 is 11.8 Å². The highest BCUT2D eigenvalue weighted by atomic mass is 32.2. The molecule has 0 spiro atoms. The molecular formula is C66H101N9O15S. The number of aliphatic hydroxyl groups is 1. The first-order chi connectivity index (χ1) is 43.1. The van der Waals surface area contributed by atoms with Gasteiger partial charge in [0, 0.05) is 72.1 Å². The molecule has 4 rings (SSSR count). The number of imide groups is 1. The number of rotatable bonds is 37. The van der Waals surface area contributed by atoms with E-state index >= 15 is 0 Å². The van der Waals surface area contributed by atoms with Gasteiger partial charge in [0.2, 0.25) is 53.2 Å². The first-order valence-electron chi connectivity index (χ1n) is 31.9. The number of aliphatic hydroxyl groups excluding tert-OH is 1. The number of aldehydes is 1. The molecule has 2 fully saturated rings. The van der Waals surface area contributed by atoms with Crippen molar-refractivity contribution in [2.75, 3.05) is 52.5 Å². The number of methoxy groups -OCH3 is 2. The van der Waals surface area contributed by atoms with E-state index in [1.807, 2.05) is 32.0 Å². The molecular weight excluding hydrogens is 1190 g/mol. The van der Waals surface area contributed by atoms with Gasteiger partial charge in [-0.1, -0.05) is 104 Å². The van der Waals surface area contributed by atoms with Crippen molar-refractivity contribution in [3.05, 3.63) is 65.7 Å². The van der Waals surface area contributed by atoms with Crippen LogP contribution in [0.4, 0.5) is 10.5 Å². The van der Waals surface area contributed by atoms with Crippen molar-refractivity contribution in [2.24, 2.45) is 23.7 Å².